The Morgan fingerprint density at radius 1 is 1.06 bits per heavy atom. The number of esters is 1. The first-order chi connectivity index (χ1) is 17.1. The number of ether oxygens (including phenoxy) is 3. The normalized spacial score (nSPS) is 15.3. The van der Waals surface area contributed by atoms with Crippen molar-refractivity contribution in [2.24, 2.45) is 0 Å². The second-order valence-electron chi connectivity index (χ2n) is 8.52. The first-order valence-electron chi connectivity index (χ1n) is 11.6. The smallest absolute Gasteiger partial charge is 0.339 e. The van der Waals surface area contributed by atoms with E-state index < -0.39 is 5.97 Å². The van der Waals surface area contributed by atoms with Crippen LogP contribution in [-0.4, -0.2) is 49.8 Å². The third kappa shape index (κ3) is 5.10. The van der Waals surface area contributed by atoms with E-state index in [0.717, 1.165) is 41.5 Å². The van der Waals surface area contributed by atoms with E-state index in [1.807, 2.05) is 60.7 Å². The first-order valence-corrected chi connectivity index (χ1v) is 11.6. The second-order valence-corrected chi connectivity index (χ2v) is 8.52. The minimum absolute atomic E-state index is 0.0318. The SMILES string of the molecule is COc1ccc2cc(-c3cc(C(=O)OCC(=O)NC[C@H]4CCCO4)c4ccccc4n3)ccc2c1. The highest BCUT2D eigenvalue weighted by molar-refractivity contribution is 6.05. The van der Waals surface area contributed by atoms with Gasteiger partial charge >= 0.3 is 5.97 Å². The summed E-state index contributed by atoms with van der Waals surface area (Å²) in [6.07, 6.45) is 1.95. The number of pyridine rings is 1. The van der Waals surface area contributed by atoms with Crippen LogP contribution in [0.3, 0.4) is 0 Å². The van der Waals surface area contributed by atoms with Gasteiger partial charge in [-0.05, 0) is 53.9 Å². The van der Waals surface area contributed by atoms with Crippen molar-refractivity contribution in [2.45, 2.75) is 18.9 Å². The number of hydrogen-bond acceptors (Lipinski definition) is 6. The van der Waals surface area contributed by atoms with E-state index >= 15 is 0 Å². The Balaban J connectivity index is 1.38. The van der Waals surface area contributed by atoms with Crippen molar-refractivity contribution in [2.75, 3.05) is 26.9 Å². The number of carbonyl (C=O) groups excluding carboxylic acids is 2. The number of rotatable bonds is 7. The van der Waals surface area contributed by atoms with Crippen LogP contribution in [0.5, 0.6) is 5.75 Å². The Hall–Kier alpha value is -3.97. The molecule has 1 aromatic heterocycles. The average molecular weight is 471 g/mol. The van der Waals surface area contributed by atoms with Crippen LogP contribution in [0.2, 0.25) is 0 Å². The van der Waals surface area contributed by atoms with Gasteiger partial charge in [-0.1, -0.05) is 36.4 Å². The van der Waals surface area contributed by atoms with E-state index in [9.17, 15) is 9.59 Å². The number of benzene rings is 3. The molecule has 178 valence electrons. The molecule has 3 aromatic carbocycles. The van der Waals surface area contributed by atoms with Crippen molar-refractivity contribution in [3.63, 3.8) is 0 Å². The molecule has 1 atom stereocenters. The zero-order chi connectivity index (χ0) is 24.2. The molecule has 0 saturated carbocycles. The standard InChI is InChI=1S/C28H26N2O5/c1-33-21-11-10-18-13-20(9-8-19(18)14-21)26-15-24(23-6-2-3-7-25(23)30-26)28(32)35-17-27(31)29-16-22-5-4-12-34-22/h2-3,6-11,13-15,22H,4-5,12,16-17H2,1H3,(H,29,31)/t22-/m1/s1. The van der Waals surface area contributed by atoms with E-state index in [0.29, 0.717) is 28.7 Å². The Labute approximate surface area is 203 Å². The summed E-state index contributed by atoms with van der Waals surface area (Å²) in [5.41, 5.74) is 2.56. The summed E-state index contributed by atoms with van der Waals surface area (Å²) in [4.78, 5) is 30.0. The molecular formula is C28H26N2O5. The van der Waals surface area contributed by atoms with Crippen LogP contribution in [-0.2, 0) is 14.3 Å². The highest BCUT2D eigenvalue weighted by atomic mass is 16.5. The van der Waals surface area contributed by atoms with Gasteiger partial charge in [0, 0.05) is 24.1 Å². The van der Waals surface area contributed by atoms with Crippen molar-refractivity contribution in [1.82, 2.24) is 10.3 Å². The molecule has 0 bridgehead atoms. The minimum atomic E-state index is -0.567. The predicted octanol–water partition coefficient (Wildman–Crippen LogP) is 4.52. The maximum Gasteiger partial charge on any atom is 0.339 e. The maximum absolute atomic E-state index is 13.0. The van der Waals surface area contributed by atoms with Gasteiger partial charge in [-0.25, -0.2) is 9.78 Å². The van der Waals surface area contributed by atoms with Crippen LogP contribution in [0.1, 0.15) is 23.2 Å². The second kappa shape index (κ2) is 10.1. The molecule has 7 heteroatoms. The largest absolute Gasteiger partial charge is 0.497 e. The van der Waals surface area contributed by atoms with Crippen LogP contribution < -0.4 is 10.1 Å². The highest BCUT2D eigenvalue weighted by Crippen LogP contribution is 2.29. The van der Waals surface area contributed by atoms with Crippen molar-refractivity contribution >= 4 is 33.6 Å². The van der Waals surface area contributed by atoms with E-state index in [1.54, 1.807) is 13.2 Å². The van der Waals surface area contributed by atoms with Gasteiger partial charge in [0.05, 0.1) is 30.0 Å². The molecule has 35 heavy (non-hydrogen) atoms. The molecule has 5 rings (SSSR count). The molecule has 4 aromatic rings. The zero-order valence-corrected chi connectivity index (χ0v) is 19.5. The van der Waals surface area contributed by atoms with Gasteiger partial charge in [-0.3, -0.25) is 4.79 Å². The molecular weight excluding hydrogens is 444 g/mol. The number of amides is 1. The van der Waals surface area contributed by atoms with Crippen molar-refractivity contribution in [3.8, 4) is 17.0 Å². The molecule has 0 radical (unpaired) electrons. The Bertz CT molecular complexity index is 1400. The van der Waals surface area contributed by atoms with Gasteiger partial charge in [0.15, 0.2) is 6.61 Å². The molecule has 1 aliphatic rings. The monoisotopic (exact) mass is 470 g/mol. The van der Waals surface area contributed by atoms with Crippen molar-refractivity contribution < 1.29 is 23.8 Å². The third-order valence-electron chi connectivity index (χ3n) is 6.16. The highest BCUT2D eigenvalue weighted by Gasteiger charge is 2.19. The number of nitrogens with zero attached hydrogens (tertiary/aromatic N) is 1. The maximum atomic E-state index is 13.0. The van der Waals surface area contributed by atoms with E-state index in [2.05, 4.69) is 5.32 Å². The molecule has 0 unspecified atom stereocenters. The first kappa shape index (κ1) is 22.8. The van der Waals surface area contributed by atoms with Gasteiger partial charge in [0.25, 0.3) is 5.91 Å². The molecule has 1 aliphatic heterocycles. The summed E-state index contributed by atoms with van der Waals surface area (Å²) < 4.78 is 16.2. The molecule has 1 fully saturated rings. The number of methoxy groups -OCH3 is 1. The molecule has 1 saturated heterocycles. The molecule has 0 aliphatic carbocycles. The van der Waals surface area contributed by atoms with Crippen molar-refractivity contribution in [3.05, 3.63) is 72.3 Å². The van der Waals surface area contributed by atoms with E-state index in [4.69, 9.17) is 19.2 Å². The summed E-state index contributed by atoms with van der Waals surface area (Å²) in [5, 5.41) is 5.52. The fourth-order valence-corrected chi connectivity index (χ4v) is 4.30. The van der Waals surface area contributed by atoms with Gasteiger partial charge in [0.1, 0.15) is 5.75 Å². The number of carbonyl (C=O) groups is 2. The van der Waals surface area contributed by atoms with Crippen LogP contribution in [0.25, 0.3) is 32.9 Å². The number of aromatic nitrogens is 1. The van der Waals surface area contributed by atoms with Gasteiger partial charge in [-0.2, -0.15) is 0 Å². The lowest BCUT2D eigenvalue weighted by molar-refractivity contribution is -0.124. The Kier molecular flexibility index (Phi) is 6.59. The number of para-hydroxylation sites is 1. The fourth-order valence-electron chi connectivity index (χ4n) is 4.30. The van der Waals surface area contributed by atoms with Crippen LogP contribution in [0.4, 0.5) is 0 Å². The van der Waals surface area contributed by atoms with Gasteiger partial charge in [-0.15, -0.1) is 0 Å². The van der Waals surface area contributed by atoms with Crippen LogP contribution >= 0.6 is 0 Å². The summed E-state index contributed by atoms with van der Waals surface area (Å²) in [7, 11) is 1.64. The lowest BCUT2D eigenvalue weighted by atomic mass is 10.0. The lowest BCUT2D eigenvalue weighted by Crippen LogP contribution is -2.34. The predicted molar refractivity (Wildman–Crippen MR) is 134 cm³/mol. The quantitative estimate of drug-likeness (QED) is 0.400. The van der Waals surface area contributed by atoms with E-state index in [-0.39, 0.29) is 18.6 Å². The van der Waals surface area contributed by atoms with Gasteiger partial charge < -0.3 is 19.5 Å². The summed E-state index contributed by atoms with van der Waals surface area (Å²) >= 11 is 0. The Morgan fingerprint density at radius 2 is 1.89 bits per heavy atom. The topological polar surface area (TPSA) is 86.8 Å². The summed E-state index contributed by atoms with van der Waals surface area (Å²) in [6, 6.07) is 21.0. The van der Waals surface area contributed by atoms with Crippen LogP contribution in [0, 0.1) is 0 Å². The van der Waals surface area contributed by atoms with Crippen LogP contribution in [0.15, 0.2) is 66.7 Å². The van der Waals surface area contributed by atoms with Crippen molar-refractivity contribution in [1.29, 1.82) is 0 Å². The number of hydrogen-bond donors (Lipinski definition) is 1. The summed E-state index contributed by atoms with van der Waals surface area (Å²) in [5.74, 6) is -0.126. The lowest BCUT2D eigenvalue weighted by Gasteiger charge is -2.12. The van der Waals surface area contributed by atoms with E-state index in [1.165, 1.54) is 0 Å². The minimum Gasteiger partial charge on any atom is -0.497 e. The molecule has 7 nitrogen and oxygen atoms in total. The third-order valence-corrected chi connectivity index (χ3v) is 6.16. The zero-order valence-electron chi connectivity index (χ0n) is 19.5. The summed E-state index contributed by atoms with van der Waals surface area (Å²) in [6.45, 7) is 0.792. The molecule has 0 spiro atoms. The fraction of sp³-hybridized carbons (Fsp3) is 0.250. The number of fused-ring (bicyclic) bond motifs is 2. The Morgan fingerprint density at radius 3 is 2.71 bits per heavy atom. The molecule has 2 heterocycles. The number of nitrogens with one attached hydrogen (secondary N) is 1. The molecule has 1 N–H and O–H groups in total. The molecule has 1 amide bonds. The average Bonchev–Trinajstić information content (AvgIpc) is 3.43. The van der Waals surface area contributed by atoms with Gasteiger partial charge in [0.2, 0.25) is 0 Å².